The van der Waals surface area contributed by atoms with Gasteiger partial charge in [0.05, 0.1) is 12.0 Å². The molecule has 0 radical (unpaired) electrons. The molecule has 0 spiro atoms. The van der Waals surface area contributed by atoms with E-state index in [-0.39, 0.29) is 11.9 Å². The summed E-state index contributed by atoms with van der Waals surface area (Å²) in [5.74, 6) is -2.55. The molecule has 0 fully saturated rings. The molecule has 0 saturated heterocycles. The maximum absolute atomic E-state index is 13.3. The van der Waals surface area contributed by atoms with Crippen molar-refractivity contribution in [2.45, 2.75) is 11.8 Å². The van der Waals surface area contributed by atoms with Crippen LogP contribution in [0.25, 0.3) is 0 Å². The molecular formula is C12H14ClF2NO2. The maximum atomic E-state index is 13.3. The van der Waals surface area contributed by atoms with Crippen LogP contribution in [-0.2, 0) is 4.74 Å². The fourth-order valence-corrected chi connectivity index (χ4v) is 1.64. The highest BCUT2D eigenvalue weighted by atomic mass is 35.5. The third-order valence-corrected chi connectivity index (χ3v) is 2.62. The number of methoxy groups -OCH3 is 1. The first-order valence-corrected chi connectivity index (χ1v) is 5.85. The Balaban J connectivity index is 2.51. The Bertz CT molecular complexity index is 395. The minimum absolute atomic E-state index is 0.226. The average Bonchev–Trinajstić information content (AvgIpc) is 2.29. The Hall–Kier alpha value is -1.20. The summed E-state index contributed by atoms with van der Waals surface area (Å²) in [6, 6.07) is 3.27. The molecule has 1 N–H and O–H groups in total. The van der Waals surface area contributed by atoms with E-state index in [1.807, 2.05) is 0 Å². The predicted octanol–water partition coefficient (Wildman–Crippen LogP) is 2.34. The summed E-state index contributed by atoms with van der Waals surface area (Å²) in [4.78, 5) is 11.6. The van der Waals surface area contributed by atoms with Gasteiger partial charge in [0, 0.05) is 13.7 Å². The number of alkyl halides is 1. The number of hydrogen-bond acceptors (Lipinski definition) is 2. The smallest absolute Gasteiger partial charge is 0.257 e. The van der Waals surface area contributed by atoms with Gasteiger partial charge in [-0.15, -0.1) is 11.6 Å². The van der Waals surface area contributed by atoms with Crippen molar-refractivity contribution < 1.29 is 18.3 Å². The summed E-state index contributed by atoms with van der Waals surface area (Å²) >= 11 is 5.85. The van der Waals surface area contributed by atoms with Crippen molar-refractivity contribution in [3.8, 4) is 0 Å². The van der Waals surface area contributed by atoms with E-state index < -0.39 is 23.1 Å². The van der Waals surface area contributed by atoms with E-state index in [4.69, 9.17) is 16.3 Å². The van der Waals surface area contributed by atoms with Crippen LogP contribution in [0.15, 0.2) is 18.2 Å². The summed E-state index contributed by atoms with van der Waals surface area (Å²) in [5.41, 5.74) is -0.574. The van der Waals surface area contributed by atoms with Crippen LogP contribution in [0.2, 0.25) is 0 Å². The van der Waals surface area contributed by atoms with Gasteiger partial charge >= 0.3 is 0 Å². The molecule has 3 nitrogen and oxygen atoms in total. The van der Waals surface area contributed by atoms with Gasteiger partial charge in [0.15, 0.2) is 0 Å². The van der Waals surface area contributed by atoms with Crippen LogP contribution in [0.4, 0.5) is 8.78 Å². The number of hydrogen-bond donors (Lipinski definition) is 1. The van der Waals surface area contributed by atoms with Crippen LogP contribution in [0, 0.1) is 11.6 Å². The van der Waals surface area contributed by atoms with Crippen molar-refractivity contribution in [1.82, 2.24) is 5.32 Å². The SMILES string of the molecule is COCC(Cl)CCNC(=O)c1c(F)cccc1F. The molecular weight excluding hydrogens is 264 g/mol. The average molecular weight is 278 g/mol. The fourth-order valence-electron chi connectivity index (χ4n) is 1.41. The molecule has 18 heavy (non-hydrogen) atoms. The van der Waals surface area contributed by atoms with Gasteiger partial charge in [-0.3, -0.25) is 4.79 Å². The molecule has 0 aromatic heterocycles. The Kier molecular flexibility index (Phi) is 6.01. The number of benzene rings is 1. The highest BCUT2D eigenvalue weighted by molar-refractivity contribution is 6.20. The first-order chi connectivity index (χ1) is 8.56. The van der Waals surface area contributed by atoms with E-state index in [9.17, 15) is 13.6 Å². The minimum atomic E-state index is -0.883. The number of ether oxygens (including phenoxy) is 1. The number of nitrogens with one attached hydrogen (secondary N) is 1. The summed E-state index contributed by atoms with van der Waals surface area (Å²) in [6.07, 6.45) is 0.456. The second-order valence-corrected chi connectivity index (χ2v) is 4.31. The standard InChI is InChI=1S/C12H14ClF2NO2/c1-18-7-8(13)5-6-16-12(17)11-9(14)3-2-4-10(11)15/h2-4,8H,5-7H2,1H3,(H,16,17). The Morgan fingerprint density at radius 3 is 2.61 bits per heavy atom. The van der Waals surface area contributed by atoms with Crippen LogP contribution >= 0.6 is 11.6 Å². The van der Waals surface area contributed by atoms with Crippen molar-refractivity contribution in [3.63, 3.8) is 0 Å². The second-order valence-electron chi connectivity index (χ2n) is 3.69. The van der Waals surface area contributed by atoms with Crippen molar-refractivity contribution in [3.05, 3.63) is 35.4 Å². The van der Waals surface area contributed by atoms with Gasteiger partial charge in [-0.1, -0.05) is 6.07 Å². The lowest BCUT2D eigenvalue weighted by molar-refractivity contribution is 0.0943. The van der Waals surface area contributed by atoms with E-state index in [1.54, 1.807) is 0 Å². The quantitative estimate of drug-likeness (QED) is 0.811. The molecule has 1 atom stereocenters. The first-order valence-electron chi connectivity index (χ1n) is 5.41. The van der Waals surface area contributed by atoms with Gasteiger partial charge in [-0.05, 0) is 18.6 Å². The van der Waals surface area contributed by atoms with Crippen LogP contribution in [0.1, 0.15) is 16.8 Å². The molecule has 0 aliphatic heterocycles. The third kappa shape index (κ3) is 4.23. The second kappa shape index (κ2) is 7.28. The Labute approximate surface area is 109 Å². The maximum Gasteiger partial charge on any atom is 0.257 e. The topological polar surface area (TPSA) is 38.3 Å². The molecule has 1 aromatic carbocycles. The number of rotatable bonds is 6. The minimum Gasteiger partial charge on any atom is -0.383 e. The predicted molar refractivity (Wildman–Crippen MR) is 64.8 cm³/mol. The zero-order valence-corrected chi connectivity index (χ0v) is 10.6. The molecule has 6 heteroatoms. The molecule has 0 aliphatic carbocycles. The summed E-state index contributed by atoms with van der Waals surface area (Å²) in [5, 5.41) is 2.16. The van der Waals surface area contributed by atoms with Gasteiger partial charge < -0.3 is 10.1 Å². The van der Waals surface area contributed by atoms with Crippen LogP contribution in [0.3, 0.4) is 0 Å². The zero-order valence-electron chi connectivity index (χ0n) is 9.88. The number of carbonyl (C=O) groups is 1. The monoisotopic (exact) mass is 277 g/mol. The van der Waals surface area contributed by atoms with Crippen molar-refractivity contribution in [2.24, 2.45) is 0 Å². The van der Waals surface area contributed by atoms with Crippen LogP contribution in [-0.4, -0.2) is 31.5 Å². The van der Waals surface area contributed by atoms with E-state index in [0.29, 0.717) is 13.0 Å². The molecule has 1 rings (SSSR count). The van der Waals surface area contributed by atoms with E-state index in [2.05, 4.69) is 5.32 Å². The molecule has 1 amide bonds. The Morgan fingerprint density at radius 1 is 1.44 bits per heavy atom. The van der Waals surface area contributed by atoms with Crippen molar-refractivity contribution >= 4 is 17.5 Å². The molecule has 1 aromatic rings. The number of halogens is 3. The summed E-state index contributed by atoms with van der Waals surface area (Å²) < 4.78 is 31.3. The van der Waals surface area contributed by atoms with Crippen molar-refractivity contribution in [1.29, 1.82) is 0 Å². The van der Waals surface area contributed by atoms with Gasteiger partial charge in [0.25, 0.3) is 5.91 Å². The molecule has 0 bridgehead atoms. The van der Waals surface area contributed by atoms with Crippen LogP contribution in [0.5, 0.6) is 0 Å². The lowest BCUT2D eigenvalue weighted by atomic mass is 10.2. The number of amides is 1. The lowest BCUT2D eigenvalue weighted by Gasteiger charge is -2.10. The van der Waals surface area contributed by atoms with E-state index >= 15 is 0 Å². The van der Waals surface area contributed by atoms with Gasteiger partial charge in [-0.2, -0.15) is 0 Å². The van der Waals surface area contributed by atoms with Gasteiger partial charge in [-0.25, -0.2) is 8.78 Å². The van der Waals surface area contributed by atoms with Crippen molar-refractivity contribution in [2.75, 3.05) is 20.3 Å². The summed E-state index contributed by atoms with van der Waals surface area (Å²) in [7, 11) is 1.52. The first kappa shape index (κ1) is 14.9. The molecule has 0 aliphatic rings. The molecule has 0 heterocycles. The third-order valence-electron chi connectivity index (χ3n) is 2.28. The molecule has 0 saturated carbocycles. The number of carbonyl (C=O) groups excluding carboxylic acids is 1. The Morgan fingerprint density at radius 2 is 2.06 bits per heavy atom. The largest absolute Gasteiger partial charge is 0.383 e. The highest BCUT2D eigenvalue weighted by Crippen LogP contribution is 2.11. The summed E-state index contributed by atoms with van der Waals surface area (Å²) in [6.45, 7) is 0.579. The zero-order chi connectivity index (χ0) is 13.5. The highest BCUT2D eigenvalue weighted by Gasteiger charge is 2.16. The van der Waals surface area contributed by atoms with E-state index in [0.717, 1.165) is 12.1 Å². The normalized spacial score (nSPS) is 12.2. The van der Waals surface area contributed by atoms with Gasteiger partial charge in [0.1, 0.15) is 17.2 Å². The fraction of sp³-hybridized carbons (Fsp3) is 0.417. The van der Waals surface area contributed by atoms with Crippen LogP contribution < -0.4 is 5.32 Å². The van der Waals surface area contributed by atoms with E-state index in [1.165, 1.54) is 13.2 Å². The molecule has 100 valence electrons. The lowest BCUT2D eigenvalue weighted by Crippen LogP contribution is -2.28. The molecule has 1 unspecified atom stereocenters. The van der Waals surface area contributed by atoms with Gasteiger partial charge in [0.2, 0.25) is 0 Å².